The first-order valence-electron chi connectivity index (χ1n) is 8.97. The molecule has 148 valence electrons. The lowest BCUT2D eigenvalue weighted by Gasteiger charge is -2.17. The van der Waals surface area contributed by atoms with Crippen LogP contribution < -0.4 is 9.64 Å². The Morgan fingerprint density at radius 1 is 1.21 bits per heavy atom. The van der Waals surface area contributed by atoms with Gasteiger partial charge in [-0.15, -0.1) is 11.6 Å². The Balaban J connectivity index is 1.72. The van der Waals surface area contributed by atoms with Crippen LogP contribution in [0.25, 0.3) is 10.8 Å². The van der Waals surface area contributed by atoms with Crippen LogP contribution in [0.3, 0.4) is 0 Å². The predicted molar refractivity (Wildman–Crippen MR) is 110 cm³/mol. The lowest BCUT2D eigenvalue weighted by molar-refractivity contribution is -0.384. The van der Waals surface area contributed by atoms with Crippen LogP contribution in [0.5, 0.6) is 5.75 Å². The third-order valence-electron chi connectivity index (χ3n) is 5.09. The highest BCUT2D eigenvalue weighted by atomic mass is 35.5. The van der Waals surface area contributed by atoms with E-state index in [-0.39, 0.29) is 18.2 Å². The van der Waals surface area contributed by atoms with Crippen molar-refractivity contribution in [1.29, 1.82) is 0 Å². The first-order chi connectivity index (χ1) is 14.0. The fraction of sp³-hybridized carbons (Fsp3) is 0.190. The van der Waals surface area contributed by atoms with Gasteiger partial charge in [-0.3, -0.25) is 15.0 Å². The largest absolute Gasteiger partial charge is 0.488 e. The molecule has 1 N–H and O–H groups in total. The van der Waals surface area contributed by atoms with Crippen molar-refractivity contribution in [1.82, 2.24) is 0 Å². The van der Waals surface area contributed by atoms with Crippen molar-refractivity contribution in [2.75, 3.05) is 17.3 Å². The Morgan fingerprint density at radius 3 is 2.52 bits per heavy atom. The van der Waals surface area contributed by atoms with Crippen molar-refractivity contribution in [3.8, 4) is 5.75 Å². The van der Waals surface area contributed by atoms with Crippen LogP contribution in [0, 0.1) is 10.1 Å². The summed E-state index contributed by atoms with van der Waals surface area (Å²) in [7, 11) is 0. The molecule has 1 heterocycles. The predicted octanol–water partition coefficient (Wildman–Crippen LogP) is 5.15. The number of nitro benzene ring substituents is 1. The molecule has 0 fully saturated rings. The number of hydrogen-bond donors (Lipinski definition) is 1. The number of fused-ring (bicyclic) bond motifs is 3. The number of nitro groups is 1. The molecule has 29 heavy (non-hydrogen) atoms. The van der Waals surface area contributed by atoms with E-state index in [1.54, 1.807) is 18.2 Å². The standard InChI is InChI=1S/C21H17ClN2O5/c22-10-14-11-23(21(25)26)18-9-19(16-3-1-2-4-17(16)20(14)18)29-12-13-5-7-15(8-6-13)24(27)28/h1-9,14H,10-12H2,(H,25,26)/t14-/m1/s1. The fourth-order valence-corrected chi connectivity index (χ4v) is 3.97. The molecule has 0 saturated heterocycles. The number of anilines is 1. The van der Waals surface area contributed by atoms with Crippen LogP contribution >= 0.6 is 11.6 Å². The van der Waals surface area contributed by atoms with Crippen LogP contribution in [0.4, 0.5) is 16.2 Å². The number of rotatable bonds is 5. The van der Waals surface area contributed by atoms with E-state index < -0.39 is 11.0 Å². The molecule has 0 unspecified atom stereocenters. The number of alkyl halides is 1. The molecule has 8 heteroatoms. The van der Waals surface area contributed by atoms with Crippen molar-refractivity contribution < 1.29 is 19.6 Å². The number of carboxylic acid groups (broad SMARTS) is 1. The molecule has 1 amide bonds. The number of halogens is 1. The molecule has 3 aromatic rings. The second kappa shape index (κ2) is 7.60. The second-order valence-corrected chi connectivity index (χ2v) is 7.12. The highest BCUT2D eigenvalue weighted by Gasteiger charge is 2.34. The summed E-state index contributed by atoms with van der Waals surface area (Å²) in [6.45, 7) is 0.511. The molecule has 1 atom stereocenters. The summed E-state index contributed by atoms with van der Waals surface area (Å²) in [4.78, 5) is 23.4. The number of amides is 1. The molecule has 1 aliphatic rings. The summed E-state index contributed by atoms with van der Waals surface area (Å²) in [5.74, 6) is 0.791. The average Bonchev–Trinajstić information content (AvgIpc) is 3.11. The zero-order valence-corrected chi connectivity index (χ0v) is 16.0. The molecule has 0 aromatic heterocycles. The van der Waals surface area contributed by atoms with E-state index in [2.05, 4.69) is 0 Å². The summed E-state index contributed by atoms with van der Waals surface area (Å²) in [6.07, 6.45) is -1.03. The summed E-state index contributed by atoms with van der Waals surface area (Å²) in [5.41, 5.74) is 2.29. The topological polar surface area (TPSA) is 92.9 Å². The van der Waals surface area contributed by atoms with Gasteiger partial charge in [-0.05, 0) is 28.6 Å². The quantitative estimate of drug-likeness (QED) is 0.355. The maximum atomic E-state index is 11.7. The van der Waals surface area contributed by atoms with Gasteiger partial charge in [0.25, 0.3) is 5.69 Å². The molecule has 0 saturated carbocycles. The van der Waals surface area contributed by atoms with Crippen LogP contribution in [0.2, 0.25) is 0 Å². The molecule has 3 aromatic carbocycles. The van der Waals surface area contributed by atoms with Crippen molar-refractivity contribution in [3.05, 3.63) is 75.8 Å². The van der Waals surface area contributed by atoms with Crippen LogP contribution in [-0.2, 0) is 6.61 Å². The van der Waals surface area contributed by atoms with E-state index in [0.717, 1.165) is 21.9 Å². The minimum Gasteiger partial charge on any atom is -0.488 e. The van der Waals surface area contributed by atoms with Crippen molar-refractivity contribution >= 4 is 39.8 Å². The highest BCUT2D eigenvalue weighted by Crippen LogP contribution is 2.45. The zero-order valence-electron chi connectivity index (χ0n) is 15.2. The minimum atomic E-state index is -1.03. The first kappa shape index (κ1) is 19.0. The molecule has 1 aliphatic heterocycles. The Morgan fingerprint density at radius 2 is 1.90 bits per heavy atom. The summed E-state index contributed by atoms with van der Waals surface area (Å²) in [5, 5.41) is 22.2. The number of carbonyl (C=O) groups is 1. The van der Waals surface area contributed by atoms with Gasteiger partial charge in [-0.25, -0.2) is 4.79 Å². The molecule has 0 aliphatic carbocycles. The molecular formula is C21H17ClN2O5. The molecule has 0 spiro atoms. The van der Waals surface area contributed by atoms with Crippen LogP contribution in [0.15, 0.2) is 54.6 Å². The van der Waals surface area contributed by atoms with Gasteiger partial charge in [0, 0.05) is 41.9 Å². The van der Waals surface area contributed by atoms with Crippen LogP contribution in [0.1, 0.15) is 17.0 Å². The summed E-state index contributed by atoms with van der Waals surface area (Å²) >= 11 is 6.12. The van der Waals surface area contributed by atoms with E-state index in [1.165, 1.54) is 17.0 Å². The number of hydrogen-bond acceptors (Lipinski definition) is 4. The SMILES string of the molecule is O=C(O)N1C[C@@H](CCl)c2c1cc(OCc1ccc([N+](=O)[O-])cc1)c1ccccc21. The maximum Gasteiger partial charge on any atom is 0.411 e. The van der Waals surface area contributed by atoms with E-state index >= 15 is 0 Å². The van der Waals surface area contributed by atoms with E-state index in [1.807, 2.05) is 24.3 Å². The fourth-order valence-electron chi connectivity index (χ4n) is 3.71. The first-order valence-corrected chi connectivity index (χ1v) is 9.51. The maximum absolute atomic E-state index is 11.7. The van der Waals surface area contributed by atoms with Gasteiger partial charge in [0.05, 0.1) is 10.6 Å². The van der Waals surface area contributed by atoms with Gasteiger partial charge in [0.15, 0.2) is 0 Å². The second-order valence-electron chi connectivity index (χ2n) is 6.81. The van der Waals surface area contributed by atoms with Gasteiger partial charge in [0.1, 0.15) is 12.4 Å². The Hall–Kier alpha value is -3.32. The van der Waals surface area contributed by atoms with Gasteiger partial charge < -0.3 is 9.84 Å². The summed E-state index contributed by atoms with van der Waals surface area (Å²) < 4.78 is 6.01. The van der Waals surface area contributed by atoms with Gasteiger partial charge in [-0.2, -0.15) is 0 Å². The molecule has 0 bridgehead atoms. The monoisotopic (exact) mass is 412 g/mol. The van der Waals surface area contributed by atoms with Crippen LogP contribution in [-0.4, -0.2) is 28.5 Å². The third-order valence-corrected chi connectivity index (χ3v) is 5.46. The lowest BCUT2D eigenvalue weighted by atomic mass is 9.95. The van der Waals surface area contributed by atoms with Gasteiger partial charge in [-0.1, -0.05) is 24.3 Å². The van der Waals surface area contributed by atoms with E-state index in [0.29, 0.717) is 23.9 Å². The minimum absolute atomic E-state index is 0.0148. The number of ether oxygens (including phenoxy) is 1. The number of benzene rings is 3. The highest BCUT2D eigenvalue weighted by molar-refractivity contribution is 6.19. The molecule has 4 rings (SSSR count). The number of nitrogens with zero attached hydrogens (tertiary/aromatic N) is 2. The average molecular weight is 413 g/mol. The number of non-ortho nitro benzene ring substituents is 1. The molecule has 0 radical (unpaired) electrons. The van der Waals surface area contributed by atoms with Gasteiger partial charge >= 0.3 is 6.09 Å². The Bertz CT molecular complexity index is 1100. The zero-order chi connectivity index (χ0) is 20.5. The smallest absolute Gasteiger partial charge is 0.411 e. The van der Waals surface area contributed by atoms with E-state index in [9.17, 15) is 20.0 Å². The Kier molecular flexibility index (Phi) is 4.98. The van der Waals surface area contributed by atoms with Crippen molar-refractivity contribution in [2.24, 2.45) is 0 Å². The lowest BCUT2D eigenvalue weighted by Crippen LogP contribution is -2.28. The third kappa shape index (κ3) is 3.45. The summed E-state index contributed by atoms with van der Waals surface area (Å²) in [6, 6.07) is 15.5. The van der Waals surface area contributed by atoms with E-state index in [4.69, 9.17) is 16.3 Å². The normalized spacial score (nSPS) is 15.3. The Labute approximate surface area is 171 Å². The molecular weight excluding hydrogens is 396 g/mol. The van der Waals surface area contributed by atoms with Crippen molar-refractivity contribution in [2.45, 2.75) is 12.5 Å². The molecule has 7 nitrogen and oxygen atoms in total. The van der Waals surface area contributed by atoms with Crippen molar-refractivity contribution in [3.63, 3.8) is 0 Å². The van der Waals surface area contributed by atoms with Gasteiger partial charge in [0.2, 0.25) is 0 Å².